The summed E-state index contributed by atoms with van der Waals surface area (Å²) in [6.07, 6.45) is 6.44. The van der Waals surface area contributed by atoms with E-state index in [4.69, 9.17) is 13.9 Å². The fourth-order valence-electron chi connectivity index (χ4n) is 8.39. The molecule has 10 rings (SSSR count). The number of pyridine rings is 2. The number of anilines is 3. The van der Waals surface area contributed by atoms with Gasteiger partial charge in [0.15, 0.2) is 8.32 Å². The van der Waals surface area contributed by atoms with Gasteiger partial charge in [0.05, 0.1) is 75.4 Å². The zero-order valence-corrected chi connectivity index (χ0v) is 49.3. The monoisotopic (exact) mass is 1200 g/mol. The Morgan fingerprint density at radius 2 is 1.29 bits per heavy atom. The molecule has 2 amide bonds. The van der Waals surface area contributed by atoms with E-state index in [0.29, 0.717) is 93.8 Å². The van der Waals surface area contributed by atoms with Gasteiger partial charge in [-0.15, -0.1) is 10.2 Å². The quantitative estimate of drug-likeness (QED) is 0.0717. The van der Waals surface area contributed by atoms with Crippen molar-refractivity contribution in [3.8, 4) is 34.5 Å². The highest BCUT2D eigenvalue weighted by molar-refractivity contribution is 9.10. The minimum absolute atomic E-state index is 0.0902. The van der Waals surface area contributed by atoms with Crippen LogP contribution in [0.5, 0.6) is 11.5 Å². The van der Waals surface area contributed by atoms with E-state index in [2.05, 4.69) is 127 Å². The van der Waals surface area contributed by atoms with Crippen molar-refractivity contribution in [2.45, 2.75) is 90.8 Å². The maximum Gasteiger partial charge on any atom is 0.260 e. The van der Waals surface area contributed by atoms with Gasteiger partial charge in [-0.2, -0.15) is 8.78 Å². The highest BCUT2D eigenvalue weighted by Crippen LogP contribution is 2.37. The normalized spacial score (nSPS) is 13.7. The highest BCUT2D eigenvalue weighted by atomic mass is 79.9. The van der Waals surface area contributed by atoms with Gasteiger partial charge in [0.1, 0.15) is 44.9 Å². The Labute approximate surface area is 481 Å². The number of benzene rings is 2. The Balaban J connectivity index is 0.000000189. The minimum atomic E-state index is -1.91. The summed E-state index contributed by atoms with van der Waals surface area (Å²) in [6.45, 7) is 18.1. The number of carbonyl (C=O) groups excluding carboxylic acids is 2. The summed E-state index contributed by atoms with van der Waals surface area (Å²) < 4.78 is 46.2. The molecule has 24 nitrogen and oxygen atoms in total. The molecule has 2 aromatic carbocycles. The minimum Gasteiger partial charge on any atom is -0.496 e. The number of amides is 2. The first-order valence-electron chi connectivity index (χ1n) is 26.1. The number of ether oxygens (including phenoxy) is 2. The molecule has 0 unspecified atom stereocenters. The second-order valence-corrected chi connectivity index (χ2v) is 26.3. The van der Waals surface area contributed by atoms with Gasteiger partial charge in [-0.25, -0.2) is 39.3 Å². The molecule has 4 N–H and O–H groups in total. The largest absolute Gasteiger partial charge is 0.496 e. The molecule has 28 heteroatoms. The number of carbonyl (C=O) groups is 2. The number of aliphatic hydroxyl groups excluding tert-OH is 1. The van der Waals surface area contributed by atoms with Crippen LogP contribution in [-0.4, -0.2) is 136 Å². The van der Waals surface area contributed by atoms with Gasteiger partial charge in [-0.1, -0.05) is 32.9 Å². The standard InChI is InChI=1S/C26H37N7O3Si.C24H24FN9O3.C4H2BrFN2/c1-17(16-36-37(6,7)26(2,3)4)33-24(30-31-32-33)21-9-8-10-23(28-21)29-25(34)20-13-19-15-27-12-11-18(19)14-22(20)35-5;1-14(13-35)34-23(30-31-32-34)18-4-3-5-21(28-18)29-24(36)17-8-16-12-33(22-11-26-20(25)10-27-22)7-6-15(16)9-19(17)37-2;5-3-1-8-4(6)2-7-3/h8-10,13-14,17,27H,11-12,15-16H2,1-7H3,(H,28,29,34);3-5,8-11,14,35H,6-7,12-13H2,1-2H3,(H,28,29,36);1-2H/t17-;14-;/m11./s1. The van der Waals surface area contributed by atoms with Gasteiger partial charge in [0, 0.05) is 19.6 Å². The zero-order chi connectivity index (χ0) is 58.7. The molecular formula is C54H63BrF2N18O6Si. The summed E-state index contributed by atoms with van der Waals surface area (Å²) in [5, 5.41) is 42.5. The van der Waals surface area contributed by atoms with E-state index >= 15 is 0 Å². The fourth-order valence-corrected chi connectivity index (χ4v) is 9.68. The molecule has 0 aliphatic carbocycles. The van der Waals surface area contributed by atoms with E-state index in [-0.39, 0.29) is 29.6 Å². The lowest BCUT2D eigenvalue weighted by atomic mass is 9.96. The second kappa shape index (κ2) is 26.6. The molecule has 0 saturated heterocycles. The molecule has 0 radical (unpaired) electrons. The predicted molar refractivity (Wildman–Crippen MR) is 305 cm³/mol. The molecule has 0 saturated carbocycles. The lowest BCUT2D eigenvalue weighted by Crippen LogP contribution is -2.42. The average Bonchev–Trinajstić information content (AvgIpc) is 4.16. The Morgan fingerprint density at radius 3 is 1.80 bits per heavy atom. The van der Waals surface area contributed by atoms with Crippen LogP contribution < -0.4 is 30.3 Å². The highest BCUT2D eigenvalue weighted by Gasteiger charge is 2.38. The van der Waals surface area contributed by atoms with Crippen LogP contribution in [0.4, 0.5) is 26.2 Å². The summed E-state index contributed by atoms with van der Waals surface area (Å²) in [5.74, 6) is 1.27. The van der Waals surface area contributed by atoms with Crippen molar-refractivity contribution in [2.75, 3.05) is 56.1 Å². The molecule has 2 aliphatic heterocycles. The summed E-state index contributed by atoms with van der Waals surface area (Å²) in [6, 6.07) is 17.6. The van der Waals surface area contributed by atoms with Crippen LogP contribution in [0.2, 0.25) is 18.1 Å². The summed E-state index contributed by atoms with van der Waals surface area (Å²) >= 11 is 3.01. The maximum absolute atomic E-state index is 13.3. The number of rotatable bonds is 15. The number of nitrogens with zero attached hydrogens (tertiary/aromatic N) is 15. The van der Waals surface area contributed by atoms with E-state index in [0.717, 1.165) is 48.6 Å². The lowest BCUT2D eigenvalue weighted by Gasteiger charge is -2.36. The van der Waals surface area contributed by atoms with Crippen LogP contribution in [0.3, 0.4) is 0 Å². The van der Waals surface area contributed by atoms with E-state index in [9.17, 15) is 23.5 Å². The first-order chi connectivity index (χ1) is 39.2. The number of halogens is 3. The van der Waals surface area contributed by atoms with E-state index in [1.807, 2.05) is 42.2 Å². The number of methoxy groups -OCH3 is 2. The van der Waals surface area contributed by atoms with Gasteiger partial charge >= 0.3 is 0 Å². The van der Waals surface area contributed by atoms with E-state index < -0.39 is 26.1 Å². The number of hydrogen-bond donors (Lipinski definition) is 4. The van der Waals surface area contributed by atoms with Crippen LogP contribution in [0.25, 0.3) is 23.0 Å². The third-order valence-electron chi connectivity index (χ3n) is 14.0. The van der Waals surface area contributed by atoms with Crippen molar-refractivity contribution in [3.05, 3.63) is 135 Å². The van der Waals surface area contributed by atoms with Crippen LogP contribution in [0, 0.1) is 11.9 Å². The van der Waals surface area contributed by atoms with Crippen LogP contribution in [-0.2, 0) is 30.4 Å². The second-order valence-electron chi connectivity index (χ2n) is 20.7. The number of tetrazole rings is 2. The molecule has 8 heterocycles. The summed E-state index contributed by atoms with van der Waals surface area (Å²) in [5.41, 5.74) is 6.11. The Bertz CT molecular complexity index is 3480. The Kier molecular flexibility index (Phi) is 19.4. The Morgan fingerprint density at radius 1 is 0.744 bits per heavy atom. The first kappa shape index (κ1) is 59.9. The molecule has 0 spiro atoms. The smallest absolute Gasteiger partial charge is 0.260 e. The van der Waals surface area contributed by atoms with E-state index in [1.165, 1.54) is 29.7 Å². The number of nitrogens with one attached hydrogen (secondary N) is 3. The van der Waals surface area contributed by atoms with Crippen molar-refractivity contribution in [1.29, 1.82) is 0 Å². The molecule has 8 aromatic rings. The van der Waals surface area contributed by atoms with Crippen molar-refractivity contribution in [3.63, 3.8) is 0 Å². The average molecular weight is 1210 g/mol. The zero-order valence-electron chi connectivity index (χ0n) is 46.7. The van der Waals surface area contributed by atoms with Gasteiger partial charge in [-0.05, 0) is 159 Å². The molecule has 0 bridgehead atoms. The number of aromatic nitrogens is 14. The molecule has 2 atom stereocenters. The number of aliphatic hydroxyl groups is 1. The van der Waals surface area contributed by atoms with Crippen molar-refractivity contribution < 1.29 is 37.4 Å². The topological polar surface area (TPSA) is 286 Å². The third-order valence-corrected chi connectivity index (χ3v) is 18.9. The van der Waals surface area contributed by atoms with Gasteiger partial charge in [-0.3, -0.25) is 9.59 Å². The number of hydrogen-bond acceptors (Lipinski definition) is 20. The maximum atomic E-state index is 13.3. The molecular weight excluding hydrogens is 1140 g/mol. The fraction of sp³-hybridized carbons (Fsp3) is 0.370. The lowest BCUT2D eigenvalue weighted by molar-refractivity contribution is 0.101. The first-order valence-corrected chi connectivity index (χ1v) is 29.8. The van der Waals surface area contributed by atoms with Gasteiger partial charge in [0.25, 0.3) is 11.8 Å². The van der Waals surface area contributed by atoms with Crippen molar-refractivity contribution >= 4 is 53.5 Å². The summed E-state index contributed by atoms with van der Waals surface area (Å²) in [4.78, 5) is 52.3. The van der Waals surface area contributed by atoms with Crippen LogP contribution in [0.1, 0.15) is 89.7 Å². The van der Waals surface area contributed by atoms with Crippen molar-refractivity contribution in [1.82, 2.24) is 75.6 Å². The third kappa shape index (κ3) is 14.6. The molecule has 430 valence electrons. The van der Waals surface area contributed by atoms with Crippen LogP contribution in [0.15, 0.2) is 90.1 Å². The van der Waals surface area contributed by atoms with Crippen LogP contribution >= 0.6 is 15.9 Å². The molecule has 6 aromatic heterocycles. The predicted octanol–water partition coefficient (Wildman–Crippen LogP) is 7.64. The number of fused-ring (bicyclic) bond motifs is 2. The SMILES string of the molecule is COc1cc2c(cc1C(=O)Nc1cccc(-c3nnnn3[C@H](C)CO)n1)CN(c1cnc(F)cn1)CC2.COc1cc2c(cc1C(=O)Nc1cccc(-c3nnnn3[C@H](C)CO[Si](C)(C)C(C)(C)C)n1)CNCC2.Fc1cnc(Br)cn1. The van der Waals surface area contributed by atoms with Gasteiger partial charge in [0.2, 0.25) is 23.5 Å². The Hall–Kier alpha value is -8.18. The molecule has 2 aliphatic rings. The van der Waals surface area contributed by atoms with Crippen molar-refractivity contribution in [2.24, 2.45) is 0 Å². The molecule has 82 heavy (non-hydrogen) atoms. The summed E-state index contributed by atoms with van der Waals surface area (Å²) in [7, 11) is 1.18. The van der Waals surface area contributed by atoms with E-state index in [1.54, 1.807) is 49.0 Å². The molecule has 0 fully saturated rings. The van der Waals surface area contributed by atoms with Gasteiger partial charge < -0.3 is 39.9 Å².